The van der Waals surface area contributed by atoms with E-state index in [0.717, 1.165) is 12.1 Å². The predicted molar refractivity (Wildman–Crippen MR) is 44.1 cm³/mol. The van der Waals surface area contributed by atoms with E-state index in [4.69, 9.17) is 17.3 Å². The molecule has 13 heavy (non-hydrogen) atoms. The molecule has 0 aromatic heterocycles. The van der Waals surface area contributed by atoms with Crippen LogP contribution in [-0.4, -0.2) is 5.91 Å². The van der Waals surface area contributed by atoms with Crippen molar-refractivity contribution >= 4 is 17.5 Å². The standard InChI is InChI=1S/C8H6ClF2NO/c9-7(8(12)13)6-4(10)2-1-3-5(6)11/h1-3,7H,(H2,12,13). The third-order valence-corrected chi connectivity index (χ3v) is 1.94. The number of rotatable bonds is 2. The molecule has 0 radical (unpaired) electrons. The van der Waals surface area contributed by atoms with Crippen LogP contribution in [0.4, 0.5) is 8.78 Å². The van der Waals surface area contributed by atoms with Crippen LogP contribution in [0, 0.1) is 11.6 Å². The van der Waals surface area contributed by atoms with E-state index in [1.54, 1.807) is 0 Å². The summed E-state index contributed by atoms with van der Waals surface area (Å²) >= 11 is 5.40. The minimum atomic E-state index is -1.47. The summed E-state index contributed by atoms with van der Waals surface area (Å²) in [4.78, 5) is 10.6. The van der Waals surface area contributed by atoms with E-state index in [2.05, 4.69) is 0 Å². The lowest BCUT2D eigenvalue weighted by atomic mass is 10.1. The molecule has 1 unspecified atom stereocenters. The summed E-state index contributed by atoms with van der Waals surface area (Å²) < 4.78 is 25.9. The highest BCUT2D eigenvalue weighted by Crippen LogP contribution is 2.25. The van der Waals surface area contributed by atoms with E-state index >= 15 is 0 Å². The lowest BCUT2D eigenvalue weighted by Gasteiger charge is -2.07. The molecule has 70 valence electrons. The molecule has 5 heteroatoms. The van der Waals surface area contributed by atoms with Gasteiger partial charge in [-0.05, 0) is 12.1 Å². The molecule has 1 rings (SSSR count). The summed E-state index contributed by atoms with van der Waals surface area (Å²) in [5.41, 5.74) is 4.30. The third-order valence-electron chi connectivity index (χ3n) is 1.50. The Kier molecular flexibility index (Phi) is 2.83. The molecule has 0 bridgehead atoms. The number of alkyl halides is 1. The van der Waals surface area contributed by atoms with Crippen LogP contribution in [0.25, 0.3) is 0 Å². The molecule has 2 N–H and O–H groups in total. The quantitative estimate of drug-likeness (QED) is 0.735. The maximum atomic E-state index is 12.9. The Labute approximate surface area is 78.3 Å². The van der Waals surface area contributed by atoms with Crippen molar-refractivity contribution in [2.75, 3.05) is 0 Å². The van der Waals surface area contributed by atoms with Gasteiger partial charge in [-0.15, -0.1) is 11.6 Å². The first kappa shape index (κ1) is 9.92. The van der Waals surface area contributed by atoms with Crippen molar-refractivity contribution in [3.05, 3.63) is 35.4 Å². The van der Waals surface area contributed by atoms with Crippen LogP contribution in [0.2, 0.25) is 0 Å². The van der Waals surface area contributed by atoms with Gasteiger partial charge in [-0.3, -0.25) is 4.79 Å². The summed E-state index contributed by atoms with van der Waals surface area (Å²) in [5, 5.41) is -1.47. The summed E-state index contributed by atoms with van der Waals surface area (Å²) in [7, 11) is 0. The second-order valence-electron chi connectivity index (χ2n) is 2.40. The van der Waals surface area contributed by atoms with Gasteiger partial charge in [-0.2, -0.15) is 0 Å². The fourth-order valence-electron chi connectivity index (χ4n) is 0.895. The monoisotopic (exact) mass is 205 g/mol. The Morgan fingerprint density at radius 3 is 2.23 bits per heavy atom. The molecule has 1 amide bonds. The van der Waals surface area contributed by atoms with Crippen molar-refractivity contribution in [1.82, 2.24) is 0 Å². The number of benzene rings is 1. The number of carbonyl (C=O) groups is 1. The average Bonchev–Trinajstić information content (AvgIpc) is 2.03. The third kappa shape index (κ3) is 1.95. The van der Waals surface area contributed by atoms with Gasteiger partial charge in [0, 0.05) is 0 Å². The van der Waals surface area contributed by atoms with E-state index in [1.807, 2.05) is 0 Å². The van der Waals surface area contributed by atoms with Crippen molar-refractivity contribution in [3.63, 3.8) is 0 Å². The van der Waals surface area contributed by atoms with Crippen LogP contribution in [0.1, 0.15) is 10.9 Å². The highest BCUT2D eigenvalue weighted by molar-refractivity contribution is 6.30. The number of carbonyl (C=O) groups excluding carboxylic acids is 1. The molecule has 0 spiro atoms. The number of halogens is 3. The highest BCUT2D eigenvalue weighted by Gasteiger charge is 2.22. The second-order valence-corrected chi connectivity index (χ2v) is 2.84. The van der Waals surface area contributed by atoms with Crippen LogP contribution in [0.3, 0.4) is 0 Å². The Balaban J connectivity index is 3.20. The van der Waals surface area contributed by atoms with Crippen LogP contribution < -0.4 is 5.73 Å². The number of nitrogens with two attached hydrogens (primary N) is 1. The smallest absolute Gasteiger partial charge is 0.240 e. The van der Waals surface area contributed by atoms with Crippen molar-refractivity contribution in [3.8, 4) is 0 Å². The van der Waals surface area contributed by atoms with Crippen LogP contribution in [0.5, 0.6) is 0 Å². The van der Waals surface area contributed by atoms with Crippen molar-refractivity contribution in [1.29, 1.82) is 0 Å². The molecule has 2 nitrogen and oxygen atoms in total. The van der Waals surface area contributed by atoms with Gasteiger partial charge in [0.05, 0.1) is 5.56 Å². The summed E-state index contributed by atoms with van der Waals surface area (Å²) in [5.74, 6) is -2.73. The lowest BCUT2D eigenvalue weighted by Crippen LogP contribution is -2.19. The van der Waals surface area contributed by atoms with E-state index in [1.165, 1.54) is 6.07 Å². The van der Waals surface area contributed by atoms with Crippen LogP contribution in [-0.2, 0) is 4.79 Å². The first-order valence-electron chi connectivity index (χ1n) is 3.41. The van der Waals surface area contributed by atoms with Crippen molar-refractivity contribution in [2.45, 2.75) is 5.38 Å². The molecule has 0 saturated carbocycles. The topological polar surface area (TPSA) is 43.1 Å². The summed E-state index contributed by atoms with van der Waals surface area (Å²) in [6.07, 6.45) is 0. The molecule has 0 saturated heterocycles. The van der Waals surface area contributed by atoms with Gasteiger partial charge < -0.3 is 5.73 Å². The Morgan fingerprint density at radius 2 is 1.85 bits per heavy atom. The second kappa shape index (κ2) is 3.70. The first-order valence-corrected chi connectivity index (χ1v) is 3.85. The molecule has 1 atom stereocenters. The summed E-state index contributed by atoms with van der Waals surface area (Å²) in [6, 6.07) is 3.20. The minimum Gasteiger partial charge on any atom is -0.368 e. The van der Waals surface area contributed by atoms with Gasteiger partial charge in [0.1, 0.15) is 17.0 Å². The van der Waals surface area contributed by atoms with E-state index in [-0.39, 0.29) is 0 Å². The molecule has 1 aromatic carbocycles. The minimum absolute atomic E-state index is 0.503. The number of hydrogen-bond acceptors (Lipinski definition) is 1. The van der Waals surface area contributed by atoms with Gasteiger partial charge in [-0.1, -0.05) is 6.07 Å². The largest absolute Gasteiger partial charge is 0.368 e. The normalized spacial score (nSPS) is 12.5. The number of hydrogen-bond donors (Lipinski definition) is 1. The molecule has 0 aliphatic heterocycles. The fraction of sp³-hybridized carbons (Fsp3) is 0.125. The number of primary amides is 1. The average molecular weight is 206 g/mol. The Bertz CT molecular complexity index is 323. The Hall–Kier alpha value is -1.16. The molecule has 0 fully saturated rings. The molecule has 1 aromatic rings. The van der Waals surface area contributed by atoms with E-state index < -0.39 is 28.5 Å². The van der Waals surface area contributed by atoms with E-state index in [0.29, 0.717) is 0 Å². The van der Waals surface area contributed by atoms with Gasteiger partial charge in [0.2, 0.25) is 5.91 Å². The molecule has 0 heterocycles. The van der Waals surface area contributed by atoms with Crippen molar-refractivity contribution in [2.24, 2.45) is 5.73 Å². The summed E-state index contributed by atoms with van der Waals surface area (Å²) in [6.45, 7) is 0. The molecule has 0 aliphatic rings. The Morgan fingerprint density at radius 1 is 1.38 bits per heavy atom. The van der Waals surface area contributed by atoms with Gasteiger partial charge in [-0.25, -0.2) is 8.78 Å². The zero-order valence-corrected chi connectivity index (χ0v) is 7.18. The van der Waals surface area contributed by atoms with Gasteiger partial charge in [0.15, 0.2) is 0 Å². The highest BCUT2D eigenvalue weighted by atomic mass is 35.5. The van der Waals surface area contributed by atoms with Crippen molar-refractivity contribution < 1.29 is 13.6 Å². The molecule has 0 aliphatic carbocycles. The zero-order chi connectivity index (χ0) is 10.0. The zero-order valence-electron chi connectivity index (χ0n) is 6.43. The fourth-order valence-corrected chi connectivity index (χ4v) is 1.10. The van der Waals surface area contributed by atoms with Crippen LogP contribution in [0.15, 0.2) is 18.2 Å². The maximum absolute atomic E-state index is 12.9. The molecular formula is C8H6ClF2NO. The SMILES string of the molecule is NC(=O)C(Cl)c1c(F)cccc1F. The predicted octanol–water partition coefficient (Wildman–Crippen LogP) is 1.73. The van der Waals surface area contributed by atoms with Gasteiger partial charge in [0.25, 0.3) is 0 Å². The van der Waals surface area contributed by atoms with E-state index in [9.17, 15) is 13.6 Å². The number of amides is 1. The maximum Gasteiger partial charge on any atom is 0.240 e. The van der Waals surface area contributed by atoms with Gasteiger partial charge >= 0.3 is 0 Å². The molecular weight excluding hydrogens is 200 g/mol. The lowest BCUT2D eigenvalue weighted by molar-refractivity contribution is -0.117. The van der Waals surface area contributed by atoms with Crippen LogP contribution >= 0.6 is 11.6 Å². The first-order chi connectivity index (χ1) is 6.04.